The molecule has 72 valence electrons. The minimum Gasteiger partial charge on any atom is -0.396 e. The van der Waals surface area contributed by atoms with Gasteiger partial charge >= 0.3 is 0 Å². The predicted molar refractivity (Wildman–Crippen MR) is 58.9 cm³/mol. The van der Waals surface area contributed by atoms with Gasteiger partial charge in [0.2, 0.25) is 0 Å². The van der Waals surface area contributed by atoms with Crippen molar-refractivity contribution in [2.45, 2.75) is 12.2 Å². The molecule has 1 aromatic rings. The molecule has 0 spiro atoms. The Morgan fingerprint density at radius 3 is 2.38 bits per heavy atom. The van der Waals surface area contributed by atoms with Crippen LogP contribution in [0.3, 0.4) is 0 Å². The maximum Gasteiger partial charge on any atom is 0.0470 e. The van der Waals surface area contributed by atoms with Gasteiger partial charge in [0.05, 0.1) is 0 Å². The lowest BCUT2D eigenvalue weighted by atomic mass is 10.0. The van der Waals surface area contributed by atoms with Crippen LogP contribution in [0.15, 0.2) is 30.3 Å². The molecule has 2 heteroatoms. The van der Waals surface area contributed by atoms with Gasteiger partial charge in [-0.05, 0) is 17.7 Å². The average Bonchev–Trinajstić information content (AvgIpc) is 2.20. The maximum atomic E-state index is 9.08. The minimum absolute atomic E-state index is 0.250. The van der Waals surface area contributed by atoms with Crippen molar-refractivity contribution in [2.75, 3.05) is 12.9 Å². The molecule has 0 saturated carbocycles. The van der Waals surface area contributed by atoms with Gasteiger partial charge in [-0.15, -0.1) is 0 Å². The molecule has 0 radical (unpaired) electrons. The molecule has 0 aromatic heterocycles. The highest BCUT2D eigenvalue weighted by Gasteiger charge is 2.16. The summed E-state index contributed by atoms with van der Waals surface area (Å²) in [6.07, 6.45) is 2.09. The fourth-order valence-corrected chi connectivity index (χ4v) is 2.42. The van der Waals surface area contributed by atoms with Gasteiger partial charge < -0.3 is 5.11 Å². The third-order valence-electron chi connectivity index (χ3n) is 2.19. The van der Waals surface area contributed by atoms with Gasteiger partial charge in [0.25, 0.3) is 0 Å². The molecule has 0 heterocycles. The topological polar surface area (TPSA) is 20.2 Å². The third kappa shape index (κ3) is 2.75. The summed E-state index contributed by atoms with van der Waals surface area (Å²) in [7, 11) is 0. The van der Waals surface area contributed by atoms with Gasteiger partial charge in [0, 0.05) is 11.9 Å². The van der Waals surface area contributed by atoms with Gasteiger partial charge in [0.1, 0.15) is 0 Å². The Morgan fingerprint density at radius 1 is 1.31 bits per heavy atom. The summed E-state index contributed by atoms with van der Waals surface area (Å²) in [5, 5.41) is 9.49. The van der Waals surface area contributed by atoms with Crippen molar-refractivity contribution in [3.63, 3.8) is 0 Å². The number of thioether (sulfide) groups is 1. The van der Waals surface area contributed by atoms with Gasteiger partial charge in [-0.1, -0.05) is 37.3 Å². The molecule has 0 unspecified atom stereocenters. The van der Waals surface area contributed by atoms with E-state index >= 15 is 0 Å². The molecule has 0 aliphatic rings. The van der Waals surface area contributed by atoms with Crippen LogP contribution in [0.25, 0.3) is 0 Å². The molecule has 0 aliphatic heterocycles. The van der Waals surface area contributed by atoms with E-state index in [1.807, 2.05) is 18.2 Å². The molecule has 1 rings (SSSR count). The van der Waals surface area contributed by atoms with Crippen LogP contribution < -0.4 is 0 Å². The van der Waals surface area contributed by atoms with E-state index in [9.17, 15) is 0 Å². The Labute approximate surface area is 84.2 Å². The zero-order chi connectivity index (χ0) is 9.68. The zero-order valence-corrected chi connectivity index (χ0v) is 8.92. The van der Waals surface area contributed by atoms with Crippen LogP contribution in [0, 0.1) is 5.92 Å². The first-order valence-corrected chi connectivity index (χ1v) is 5.77. The third-order valence-corrected chi connectivity index (χ3v) is 3.43. The first kappa shape index (κ1) is 10.6. The van der Waals surface area contributed by atoms with Gasteiger partial charge in [-0.2, -0.15) is 11.8 Å². The van der Waals surface area contributed by atoms with Crippen molar-refractivity contribution in [1.82, 2.24) is 0 Å². The van der Waals surface area contributed by atoms with E-state index in [-0.39, 0.29) is 6.61 Å². The van der Waals surface area contributed by atoms with Gasteiger partial charge in [0.15, 0.2) is 0 Å². The number of rotatable bonds is 4. The fourth-order valence-electron chi connectivity index (χ4n) is 1.44. The van der Waals surface area contributed by atoms with Crippen LogP contribution in [0.4, 0.5) is 0 Å². The summed E-state index contributed by atoms with van der Waals surface area (Å²) in [5.41, 5.74) is 1.30. The Balaban J connectivity index is 2.78. The lowest BCUT2D eigenvalue weighted by Gasteiger charge is -2.20. The van der Waals surface area contributed by atoms with E-state index in [1.54, 1.807) is 11.8 Å². The van der Waals surface area contributed by atoms with E-state index in [1.165, 1.54) is 5.56 Å². The minimum atomic E-state index is 0.250. The van der Waals surface area contributed by atoms with E-state index in [4.69, 9.17) is 5.11 Å². The number of aliphatic hydroxyl groups excluding tert-OH is 1. The van der Waals surface area contributed by atoms with Crippen LogP contribution >= 0.6 is 11.8 Å². The summed E-state index contributed by atoms with van der Waals surface area (Å²) >= 11 is 1.80. The molecule has 1 nitrogen and oxygen atoms in total. The van der Waals surface area contributed by atoms with E-state index < -0.39 is 0 Å². The van der Waals surface area contributed by atoms with Crippen molar-refractivity contribution < 1.29 is 5.11 Å². The highest BCUT2D eigenvalue weighted by Crippen LogP contribution is 2.33. The van der Waals surface area contributed by atoms with E-state index in [0.717, 1.165) is 0 Å². The molecule has 1 aromatic carbocycles. The Morgan fingerprint density at radius 2 is 1.92 bits per heavy atom. The van der Waals surface area contributed by atoms with Crippen LogP contribution in [0.2, 0.25) is 0 Å². The number of aliphatic hydroxyl groups is 1. The largest absolute Gasteiger partial charge is 0.396 e. The van der Waals surface area contributed by atoms with Crippen LogP contribution in [-0.4, -0.2) is 18.0 Å². The maximum absolute atomic E-state index is 9.08. The van der Waals surface area contributed by atoms with Crippen molar-refractivity contribution in [2.24, 2.45) is 5.92 Å². The molecule has 0 aliphatic carbocycles. The van der Waals surface area contributed by atoms with Crippen LogP contribution in [-0.2, 0) is 0 Å². The van der Waals surface area contributed by atoms with Crippen molar-refractivity contribution in [3.05, 3.63) is 35.9 Å². The Kier molecular flexibility index (Phi) is 4.33. The van der Waals surface area contributed by atoms with Crippen molar-refractivity contribution in [1.29, 1.82) is 0 Å². The Hall–Kier alpha value is -0.470. The van der Waals surface area contributed by atoms with E-state index in [0.29, 0.717) is 11.2 Å². The standard InChI is InChI=1S/C11H16OS/c1-9(8-12)11(13-2)10-6-4-3-5-7-10/h3-7,9,11-12H,8H2,1-2H3/t9-,11-/m0/s1. The Bertz CT molecular complexity index is 235. The molecule has 13 heavy (non-hydrogen) atoms. The lowest BCUT2D eigenvalue weighted by Crippen LogP contribution is -2.10. The second-order valence-corrected chi connectivity index (χ2v) is 4.21. The van der Waals surface area contributed by atoms with Crippen molar-refractivity contribution >= 4 is 11.8 Å². The van der Waals surface area contributed by atoms with Crippen LogP contribution in [0.5, 0.6) is 0 Å². The number of benzene rings is 1. The SMILES string of the molecule is CS[C@H](c1ccccc1)[C@@H](C)CO. The average molecular weight is 196 g/mol. The summed E-state index contributed by atoms with van der Waals surface area (Å²) in [5.74, 6) is 0.317. The number of hydrogen-bond donors (Lipinski definition) is 1. The first-order chi connectivity index (χ1) is 6.29. The molecule has 0 fully saturated rings. The highest BCUT2D eigenvalue weighted by molar-refractivity contribution is 7.98. The first-order valence-electron chi connectivity index (χ1n) is 4.48. The molecular weight excluding hydrogens is 180 g/mol. The van der Waals surface area contributed by atoms with Gasteiger partial charge in [-0.3, -0.25) is 0 Å². The number of hydrogen-bond acceptors (Lipinski definition) is 2. The molecule has 0 saturated heterocycles. The summed E-state index contributed by atoms with van der Waals surface area (Å²) in [6.45, 7) is 2.33. The predicted octanol–water partition coefficient (Wildman–Crippen LogP) is 2.72. The normalized spacial score (nSPS) is 15.3. The highest BCUT2D eigenvalue weighted by atomic mass is 32.2. The summed E-state index contributed by atoms with van der Waals surface area (Å²) in [4.78, 5) is 0. The van der Waals surface area contributed by atoms with Crippen LogP contribution in [0.1, 0.15) is 17.7 Å². The summed E-state index contributed by atoms with van der Waals surface area (Å²) < 4.78 is 0. The molecule has 0 bridgehead atoms. The quantitative estimate of drug-likeness (QED) is 0.799. The molecule has 2 atom stereocenters. The van der Waals surface area contributed by atoms with E-state index in [2.05, 4.69) is 25.3 Å². The molecular formula is C11H16OS. The lowest BCUT2D eigenvalue weighted by molar-refractivity contribution is 0.235. The molecule has 0 amide bonds. The second-order valence-electron chi connectivity index (χ2n) is 3.23. The van der Waals surface area contributed by atoms with Crippen molar-refractivity contribution in [3.8, 4) is 0 Å². The zero-order valence-electron chi connectivity index (χ0n) is 8.10. The smallest absolute Gasteiger partial charge is 0.0470 e. The summed E-state index contributed by atoms with van der Waals surface area (Å²) in [6, 6.07) is 10.3. The monoisotopic (exact) mass is 196 g/mol. The second kappa shape index (κ2) is 5.30. The fraction of sp³-hybridized carbons (Fsp3) is 0.455. The van der Waals surface area contributed by atoms with Gasteiger partial charge in [-0.25, -0.2) is 0 Å². The molecule has 1 N–H and O–H groups in total.